The van der Waals surface area contributed by atoms with Crippen LogP contribution in [0.15, 0.2) is 16.6 Å². The van der Waals surface area contributed by atoms with Gasteiger partial charge in [0.15, 0.2) is 0 Å². The van der Waals surface area contributed by atoms with Gasteiger partial charge in [0.25, 0.3) is 0 Å². The van der Waals surface area contributed by atoms with Gasteiger partial charge in [-0.25, -0.2) is 4.98 Å². The van der Waals surface area contributed by atoms with Crippen molar-refractivity contribution in [1.82, 2.24) is 9.71 Å². The van der Waals surface area contributed by atoms with Gasteiger partial charge in [0, 0.05) is 28.3 Å². The first-order valence-corrected chi connectivity index (χ1v) is 9.74. The minimum absolute atomic E-state index is 0.0750. The molecule has 6 heteroatoms. The lowest BCUT2D eigenvalue weighted by Crippen LogP contribution is -2.46. The number of pyridine rings is 1. The molecule has 1 aromatic heterocycles. The molecule has 2 unspecified atom stereocenters. The number of hydrogen-bond acceptors (Lipinski definition) is 4. The van der Waals surface area contributed by atoms with Crippen molar-refractivity contribution >= 4 is 27.3 Å². The zero-order valence-electron chi connectivity index (χ0n) is 15.2. The summed E-state index contributed by atoms with van der Waals surface area (Å²) in [4.78, 5) is 4.52. The molecule has 0 spiro atoms. The Hall–Kier alpha value is -0.300. The molecule has 0 amide bonds. The fourth-order valence-electron chi connectivity index (χ4n) is 2.18. The molecule has 132 valence electrons. The van der Waals surface area contributed by atoms with E-state index >= 15 is 0 Å². The molecule has 1 N–H and O–H groups in total. The summed E-state index contributed by atoms with van der Waals surface area (Å²) in [6.45, 7) is 12.5. The summed E-state index contributed by atoms with van der Waals surface area (Å²) in [6, 6.07) is 3.84. The lowest BCUT2D eigenvalue weighted by Gasteiger charge is -2.31. The number of nitrogens with one attached hydrogen (secondary N) is 1. The van der Waals surface area contributed by atoms with Crippen molar-refractivity contribution in [1.29, 1.82) is 0 Å². The summed E-state index contributed by atoms with van der Waals surface area (Å²) >= 11 is 2.44. The topological polar surface area (TPSA) is 57.2 Å². The summed E-state index contributed by atoms with van der Waals surface area (Å²) in [7, 11) is 1.61. The van der Waals surface area contributed by atoms with Crippen LogP contribution in [0.1, 0.15) is 53.7 Å². The number of halogens is 1. The Balaban J connectivity index is 2.97. The fourth-order valence-corrected chi connectivity index (χ4v) is 3.38. The molecule has 0 aliphatic rings. The third kappa shape index (κ3) is 7.42. The molecular weight excluding hydrogens is 376 g/mol. The first kappa shape index (κ1) is 20.7. The number of hydrogen-bond donors (Lipinski definition) is 1. The summed E-state index contributed by atoms with van der Waals surface area (Å²) in [5, 5.41) is 0. The van der Waals surface area contributed by atoms with Gasteiger partial charge in [0.2, 0.25) is 5.88 Å². The minimum atomic E-state index is -1.11. The Kier molecular flexibility index (Phi) is 7.38. The van der Waals surface area contributed by atoms with E-state index in [0.29, 0.717) is 12.3 Å². The van der Waals surface area contributed by atoms with E-state index < -0.39 is 11.4 Å². The standard InChI is InChI=1S/C17H29BrN2O2S/c1-16(2,3)11-12(20-23(21)17(4,5)6)10-14-13(18)8-9-15(19-14)22-7/h8-9,12,20H,10-11H2,1-7H3. The van der Waals surface area contributed by atoms with Crippen LogP contribution in [-0.4, -0.2) is 27.4 Å². The van der Waals surface area contributed by atoms with E-state index in [9.17, 15) is 4.55 Å². The lowest BCUT2D eigenvalue weighted by molar-refractivity contribution is 0.323. The van der Waals surface area contributed by atoms with Gasteiger partial charge in [0.05, 0.1) is 18.8 Å². The van der Waals surface area contributed by atoms with Gasteiger partial charge in [-0.15, -0.1) is 4.72 Å². The SMILES string of the molecule is COc1ccc(Br)c(CC(CC(C)(C)C)N[S+]([O-])C(C)(C)C)n1. The van der Waals surface area contributed by atoms with Gasteiger partial charge in [-0.2, -0.15) is 0 Å². The number of aromatic nitrogens is 1. The van der Waals surface area contributed by atoms with Crippen molar-refractivity contribution in [2.45, 2.75) is 65.2 Å². The zero-order valence-corrected chi connectivity index (χ0v) is 17.6. The molecule has 0 radical (unpaired) electrons. The maximum absolute atomic E-state index is 12.5. The van der Waals surface area contributed by atoms with Gasteiger partial charge >= 0.3 is 0 Å². The monoisotopic (exact) mass is 404 g/mol. The Bertz CT molecular complexity index is 512. The highest BCUT2D eigenvalue weighted by Crippen LogP contribution is 2.27. The molecule has 1 heterocycles. The van der Waals surface area contributed by atoms with Crippen molar-refractivity contribution in [2.24, 2.45) is 5.41 Å². The Labute approximate surface area is 152 Å². The smallest absolute Gasteiger partial charge is 0.213 e. The summed E-state index contributed by atoms with van der Waals surface area (Å²) < 4.78 is 21.7. The van der Waals surface area contributed by atoms with Gasteiger partial charge in [-0.3, -0.25) is 0 Å². The number of ether oxygens (including phenoxy) is 1. The van der Waals surface area contributed by atoms with Gasteiger partial charge in [-0.05, 0) is 54.6 Å². The molecular formula is C17H29BrN2O2S. The second-order valence-corrected chi connectivity index (χ2v) is 10.8. The molecule has 0 aliphatic carbocycles. The van der Waals surface area contributed by atoms with Crippen LogP contribution >= 0.6 is 15.9 Å². The average Bonchev–Trinajstić information content (AvgIpc) is 2.38. The maximum atomic E-state index is 12.5. The Morgan fingerprint density at radius 1 is 1.26 bits per heavy atom. The van der Waals surface area contributed by atoms with Crippen LogP contribution in [0.25, 0.3) is 0 Å². The van der Waals surface area contributed by atoms with Crippen LogP contribution in [0, 0.1) is 5.41 Å². The van der Waals surface area contributed by atoms with Crippen LogP contribution in [0.4, 0.5) is 0 Å². The fraction of sp³-hybridized carbons (Fsp3) is 0.706. The van der Waals surface area contributed by atoms with Crippen LogP contribution in [0.5, 0.6) is 5.88 Å². The van der Waals surface area contributed by atoms with Crippen LogP contribution in [-0.2, 0) is 17.8 Å². The minimum Gasteiger partial charge on any atom is -0.598 e. The first-order chi connectivity index (χ1) is 10.4. The lowest BCUT2D eigenvalue weighted by atomic mass is 9.87. The molecule has 0 fully saturated rings. The van der Waals surface area contributed by atoms with Crippen LogP contribution in [0.2, 0.25) is 0 Å². The molecule has 2 atom stereocenters. The zero-order chi connectivity index (χ0) is 17.8. The largest absolute Gasteiger partial charge is 0.598 e. The first-order valence-electron chi connectivity index (χ1n) is 7.80. The normalized spacial score (nSPS) is 15.3. The van der Waals surface area contributed by atoms with Crippen molar-refractivity contribution in [3.8, 4) is 5.88 Å². The Morgan fingerprint density at radius 3 is 2.35 bits per heavy atom. The van der Waals surface area contributed by atoms with E-state index in [2.05, 4.69) is 46.4 Å². The van der Waals surface area contributed by atoms with Gasteiger partial charge < -0.3 is 9.29 Å². The molecule has 0 saturated heterocycles. The predicted octanol–water partition coefficient (Wildman–Crippen LogP) is 4.25. The van der Waals surface area contributed by atoms with E-state index in [0.717, 1.165) is 16.6 Å². The van der Waals surface area contributed by atoms with Crippen molar-refractivity contribution in [3.63, 3.8) is 0 Å². The molecule has 0 aromatic carbocycles. The van der Waals surface area contributed by atoms with Crippen LogP contribution < -0.4 is 9.46 Å². The summed E-state index contributed by atoms with van der Waals surface area (Å²) in [6.07, 6.45) is 1.59. The molecule has 23 heavy (non-hydrogen) atoms. The highest BCUT2D eigenvalue weighted by atomic mass is 79.9. The highest BCUT2D eigenvalue weighted by molar-refractivity contribution is 9.10. The second kappa shape index (κ2) is 8.19. The van der Waals surface area contributed by atoms with Gasteiger partial charge in [0.1, 0.15) is 4.75 Å². The average molecular weight is 405 g/mol. The van der Waals surface area contributed by atoms with Crippen molar-refractivity contribution < 1.29 is 9.29 Å². The third-order valence-corrected chi connectivity index (χ3v) is 5.61. The van der Waals surface area contributed by atoms with Gasteiger partial charge in [-0.1, -0.05) is 20.8 Å². The third-order valence-electron chi connectivity index (χ3n) is 3.23. The van der Waals surface area contributed by atoms with E-state index in [-0.39, 0.29) is 16.2 Å². The highest BCUT2D eigenvalue weighted by Gasteiger charge is 2.31. The molecule has 4 nitrogen and oxygen atoms in total. The van der Waals surface area contributed by atoms with Crippen LogP contribution in [0.3, 0.4) is 0 Å². The summed E-state index contributed by atoms with van der Waals surface area (Å²) in [5.74, 6) is 0.592. The molecule has 0 bridgehead atoms. The Morgan fingerprint density at radius 2 is 1.87 bits per heavy atom. The number of rotatable bonds is 6. The van der Waals surface area contributed by atoms with Crippen molar-refractivity contribution in [3.05, 3.63) is 22.3 Å². The maximum Gasteiger partial charge on any atom is 0.213 e. The molecule has 0 aliphatic heterocycles. The predicted molar refractivity (Wildman–Crippen MR) is 101 cm³/mol. The number of nitrogens with zero attached hydrogens (tertiary/aromatic N) is 1. The molecule has 0 saturated carbocycles. The number of methoxy groups -OCH3 is 1. The van der Waals surface area contributed by atoms with E-state index in [4.69, 9.17) is 4.74 Å². The van der Waals surface area contributed by atoms with Crippen molar-refractivity contribution in [2.75, 3.05) is 7.11 Å². The molecule has 1 rings (SSSR count). The van der Waals surface area contributed by atoms with E-state index in [1.807, 2.05) is 32.9 Å². The molecule has 1 aromatic rings. The quantitative estimate of drug-likeness (QED) is 0.719. The second-order valence-electron chi connectivity index (χ2n) is 7.95. The summed E-state index contributed by atoms with van der Waals surface area (Å²) in [5.41, 5.74) is 1.04. The van der Waals surface area contributed by atoms with E-state index in [1.54, 1.807) is 7.11 Å². The van der Waals surface area contributed by atoms with E-state index in [1.165, 1.54) is 0 Å².